The van der Waals surface area contributed by atoms with Gasteiger partial charge >= 0.3 is 6.18 Å². The summed E-state index contributed by atoms with van der Waals surface area (Å²) in [4.78, 5) is 4.26. The number of nitrogens with one attached hydrogen (secondary N) is 1. The summed E-state index contributed by atoms with van der Waals surface area (Å²) in [7, 11) is 0.142. The molecule has 11 heteroatoms. The predicted molar refractivity (Wildman–Crippen MR) is 109 cm³/mol. The lowest BCUT2D eigenvalue weighted by molar-refractivity contribution is -0.137. The number of nitrogens with zero attached hydrogens (tertiary/aromatic N) is 5. The number of alkyl halides is 3. The number of hydrogen-bond acceptors (Lipinski definition) is 4. The van der Waals surface area contributed by atoms with Crippen molar-refractivity contribution in [1.29, 1.82) is 0 Å². The molecule has 1 N–H and O–H groups in total. The Morgan fingerprint density at radius 1 is 1.16 bits per heavy atom. The van der Waals surface area contributed by atoms with Crippen LogP contribution in [0.5, 0.6) is 0 Å². The zero-order chi connectivity index (χ0) is 21.8. The number of aryl methyl sites for hydroxylation is 1. The first-order chi connectivity index (χ1) is 14.8. The van der Waals surface area contributed by atoms with Gasteiger partial charge in [-0.05, 0) is 36.5 Å². The minimum Gasteiger partial charge on any atom is -0.299 e. The highest BCUT2D eigenvalue weighted by molar-refractivity contribution is 7.86. The summed E-state index contributed by atoms with van der Waals surface area (Å²) >= 11 is 0. The third kappa shape index (κ3) is 3.69. The van der Waals surface area contributed by atoms with Gasteiger partial charge in [-0.15, -0.1) is 0 Å². The Labute approximate surface area is 177 Å². The van der Waals surface area contributed by atoms with Gasteiger partial charge in [-0.3, -0.25) is 9.40 Å². The van der Waals surface area contributed by atoms with E-state index in [0.29, 0.717) is 10.8 Å². The number of pyridine rings is 1. The molecule has 1 saturated carbocycles. The Balaban J connectivity index is 1.46. The van der Waals surface area contributed by atoms with Gasteiger partial charge in [0, 0.05) is 18.6 Å². The van der Waals surface area contributed by atoms with Gasteiger partial charge in [0.1, 0.15) is 0 Å². The van der Waals surface area contributed by atoms with Crippen LogP contribution in [0.4, 0.5) is 18.9 Å². The number of halogens is 3. The van der Waals surface area contributed by atoms with Crippen molar-refractivity contribution in [3.8, 4) is 5.82 Å². The van der Waals surface area contributed by atoms with Crippen molar-refractivity contribution in [2.75, 3.05) is 4.72 Å². The molecule has 5 rings (SSSR count). The van der Waals surface area contributed by atoms with Gasteiger partial charge in [0.25, 0.3) is 0 Å². The fourth-order valence-corrected chi connectivity index (χ4v) is 4.38. The lowest BCUT2D eigenvalue weighted by Gasteiger charge is -2.13. The molecule has 0 amide bonds. The molecule has 1 unspecified atom stereocenters. The molecule has 0 bridgehead atoms. The van der Waals surface area contributed by atoms with Crippen molar-refractivity contribution in [3.63, 3.8) is 0 Å². The van der Waals surface area contributed by atoms with E-state index in [4.69, 9.17) is 0 Å². The molecule has 1 aliphatic carbocycles. The molecule has 0 spiro atoms. The van der Waals surface area contributed by atoms with Crippen LogP contribution in [-0.2, 0) is 24.2 Å². The van der Waals surface area contributed by atoms with E-state index in [2.05, 4.69) is 19.9 Å². The summed E-state index contributed by atoms with van der Waals surface area (Å²) < 4.78 is 58.0. The van der Waals surface area contributed by atoms with Crippen LogP contribution in [0.15, 0.2) is 53.9 Å². The topological polar surface area (TPSA) is 77.6 Å². The van der Waals surface area contributed by atoms with Crippen LogP contribution in [0.1, 0.15) is 29.9 Å². The summed E-state index contributed by atoms with van der Waals surface area (Å²) in [6, 6.07) is 5.81. The molecule has 7 nitrogen and oxygen atoms in total. The monoisotopic (exact) mass is 446 g/mol. The van der Waals surface area contributed by atoms with E-state index in [1.54, 1.807) is 10.9 Å². The molecule has 0 radical (unpaired) electrons. The van der Waals surface area contributed by atoms with E-state index in [1.807, 2.05) is 19.2 Å². The number of hydrogen-bond donors (Lipinski definition) is 1. The number of fused-ring (bicyclic) bond motifs is 1. The van der Waals surface area contributed by atoms with E-state index in [0.717, 1.165) is 53.3 Å². The van der Waals surface area contributed by atoms with Gasteiger partial charge in [0.05, 0.1) is 40.3 Å². The van der Waals surface area contributed by atoms with Gasteiger partial charge in [-0.25, -0.2) is 13.9 Å². The highest BCUT2D eigenvalue weighted by Crippen LogP contribution is 2.45. The van der Waals surface area contributed by atoms with E-state index >= 15 is 0 Å². The zero-order valence-corrected chi connectivity index (χ0v) is 17.1. The maximum atomic E-state index is 13.1. The average molecular weight is 446 g/mol. The second-order valence-electron chi connectivity index (χ2n) is 7.40. The Morgan fingerprint density at radius 3 is 2.71 bits per heavy atom. The summed E-state index contributed by atoms with van der Waals surface area (Å²) in [5.41, 5.74) is 1.86. The Hall–Kier alpha value is -3.21. The first-order valence-corrected chi connectivity index (χ1v) is 10.7. The second kappa shape index (κ2) is 7.19. The molecule has 31 heavy (non-hydrogen) atoms. The van der Waals surface area contributed by atoms with Crippen molar-refractivity contribution >= 4 is 27.6 Å². The molecule has 4 aromatic rings. The van der Waals surface area contributed by atoms with Gasteiger partial charge in [-0.2, -0.15) is 23.4 Å². The van der Waals surface area contributed by atoms with Gasteiger partial charge in [0.2, 0.25) is 0 Å². The van der Waals surface area contributed by atoms with E-state index in [-0.39, 0.29) is 5.82 Å². The summed E-state index contributed by atoms with van der Waals surface area (Å²) in [6.45, 7) is 0. The van der Waals surface area contributed by atoms with E-state index < -0.39 is 22.7 Å². The Kier molecular flexibility index (Phi) is 4.58. The van der Waals surface area contributed by atoms with E-state index in [1.165, 1.54) is 17.1 Å². The van der Waals surface area contributed by atoms with Crippen molar-refractivity contribution in [3.05, 3.63) is 60.2 Å². The lowest BCUT2D eigenvalue weighted by Crippen LogP contribution is -2.09. The number of rotatable bonds is 5. The maximum absolute atomic E-state index is 13.1. The molecule has 0 aliphatic heterocycles. The first kappa shape index (κ1) is 19.7. The molecule has 1 atom stereocenters. The maximum Gasteiger partial charge on any atom is 0.416 e. The van der Waals surface area contributed by atoms with Crippen molar-refractivity contribution in [2.24, 2.45) is 7.05 Å². The van der Waals surface area contributed by atoms with Crippen molar-refractivity contribution in [2.45, 2.75) is 29.8 Å². The fraction of sp³-hybridized carbons (Fsp3) is 0.250. The highest BCUT2D eigenvalue weighted by Gasteiger charge is 2.31. The smallest absolute Gasteiger partial charge is 0.299 e. The third-order valence-corrected chi connectivity index (χ3v) is 6.26. The minimum atomic E-state index is -4.49. The van der Waals surface area contributed by atoms with Crippen LogP contribution in [0.25, 0.3) is 16.7 Å². The summed E-state index contributed by atoms with van der Waals surface area (Å²) in [6.07, 6.45) is 3.24. The normalized spacial score (nSPS) is 15.4. The molecular formula is C20H17F3N6OS. The molecule has 160 valence electrons. The van der Waals surface area contributed by atoms with Crippen LogP contribution in [0, 0.1) is 0 Å². The quantitative estimate of drug-likeness (QED) is 0.499. The molecule has 1 aliphatic rings. The van der Waals surface area contributed by atoms with Crippen LogP contribution in [0.2, 0.25) is 0 Å². The average Bonchev–Trinajstić information content (AvgIpc) is 3.33. The number of aromatic nitrogens is 5. The van der Waals surface area contributed by atoms with Gasteiger partial charge in [-0.1, -0.05) is 12.1 Å². The van der Waals surface area contributed by atoms with Crippen LogP contribution < -0.4 is 4.72 Å². The SMILES string of the molecule is Cn1ncc2ccc(C3CC3)c(NS(=O)c3cnn(-c4cc(C(F)(F)F)ccn4)c3)c21. The van der Waals surface area contributed by atoms with Crippen LogP contribution >= 0.6 is 0 Å². The lowest BCUT2D eigenvalue weighted by atomic mass is 10.1. The largest absolute Gasteiger partial charge is 0.416 e. The summed E-state index contributed by atoms with van der Waals surface area (Å²) in [5, 5.41) is 9.26. The van der Waals surface area contributed by atoms with Crippen LogP contribution in [-0.4, -0.2) is 28.8 Å². The molecule has 3 aromatic heterocycles. The summed E-state index contributed by atoms with van der Waals surface area (Å²) in [5.74, 6) is 0.404. The molecular weight excluding hydrogens is 429 g/mol. The first-order valence-electron chi connectivity index (χ1n) is 9.52. The van der Waals surface area contributed by atoms with Crippen molar-refractivity contribution in [1.82, 2.24) is 24.5 Å². The molecule has 1 aromatic carbocycles. The second-order valence-corrected chi connectivity index (χ2v) is 8.61. The highest BCUT2D eigenvalue weighted by atomic mass is 32.2. The van der Waals surface area contributed by atoms with Crippen LogP contribution in [0.3, 0.4) is 0 Å². The Morgan fingerprint density at radius 2 is 1.97 bits per heavy atom. The van der Waals surface area contributed by atoms with E-state index in [9.17, 15) is 17.4 Å². The standard InChI is InChI=1S/C20H17F3N6OS/c1-28-19-13(9-25-28)4-5-16(12-2-3-12)18(19)27-31(30)15-10-26-29(11-15)17-8-14(6-7-24-17)20(21,22)23/h4-12,27H,2-3H2,1H3. The number of benzene rings is 1. The molecule has 3 heterocycles. The third-order valence-electron chi connectivity index (χ3n) is 5.23. The Bertz CT molecular complexity index is 1310. The minimum absolute atomic E-state index is 0.00881. The molecule has 0 saturated heterocycles. The molecule has 1 fully saturated rings. The van der Waals surface area contributed by atoms with Crippen molar-refractivity contribution < 1.29 is 17.4 Å². The fourth-order valence-electron chi connectivity index (χ4n) is 3.52. The number of anilines is 1. The predicted octanol–water partition coefficient (Wildman–Crippen LogP) is 4.18. The zero-order valence-electron chi connectivity index (χ0n) is 16.3. The van der Waals surface area contributed by atoms with Gasteiger partial charge in [0.15, 0.2) is 16.8 Å². The van der Waals surface area contributed by atoms with Gasteiger partial charge < -0.3 is 0 Å².